The van der Waals surface area contributed by atoms with Gasteiger partial charge in [-0.2, -0.15) is 0 Å². The Morgan fingerprint density at radius 2 is 2.21 bits per heavy atom. The van der Waals surface area contributed by atoms with Gasteiger partial charge in [0, 0.05) is 32.2 Å². The van der Waals surface area contributed by atoms with Crippen LogP contribution in [0.5, 0.6) is 5.75 Å². The van der Waals surface area contributed by atoms with Crippen molar-refractivity contribution in [3.05, 3.63) is 30.1 Å². The minimum absolute atomic E-state index is 0.0415. The van der Waals surface area contributed by atoms with Crippen molar-refractivity contribution in [1.29, 1.82) is 0 Å². The van der Waals surface area contributed by atoms with Gasteiger partial charge in [-0.05, 0) is 43.5 Å². The molecule has 0 N–H and O–H groups in total. The number of ether oxygens (including phenoxy) is 3. The molecule has 0 spiro atoms. The fraction of sp³-hybridized carbons (Fsp3) is 0.611. The van der Waals surface area contributed by atoms with Crippen LogP contribution < -0.4 is 4.74 Å². The number of fused-ring (bicyclic) bond motifs is 1. The molecule has 1 aromatic carbocycles. The molecule has 2 aliphatic heterocycles. The number of carbonyl (C=O) groups is 1. The zero-order valence-corrected chi connectivity index (χ0v) is 14.0. The number of carbonyl (C=O) groups excluding carboxylic acids is 1. The van der Waals surface area contributed by atoms with E-state index in [0.717, 1.165) is 25.9 Å². The summed E-state index contributed by atoms with van der Waals surface area (Å²) in [5.74, 6) is 0.112. The van der Waals surface area contributed by atoms with E-state index in [4.69, 9.17) is 14.2 Å². The first-order valence-corrected chi connectivity index (χ1v) is 8.40. The van der Waals surface area contributed by atoms with Gasteiger partial charge in [0.1, 0.15) is 11.6 Å². The van der Waals surface area contributed by atoms with E-state index in [2.05, 4.69) is 0 Å². The first kappa shape index (κ1) is 17.2. The van der Waals surface area contributed by atoms with Crippen LogP contribution in [0.4, 0.5) is 4.39 Å². The van der Waals surface area contributed by atoms with Crippen molar-refractivity contribution in [2.45, 2.75) is 25.4 Å². The van der Waals surface area contributed by atoms with Crippen molar-refractivity contribution in [3.8, 4) is 5.75 Å². The molecule has 132 valence electrons. The molecular formula is C18H24FNO4. The first-order valence-electron chi connectivity index (χ1n) is 8.40. The number of methoxy groups -OCH3 is 1. The van der Waals surface area contributed by atoms with E-state index in [1.54, 1.807) is 7.11 Å². The number of halogens is 1. The predicted octanol–water partition coefficient (Wildman–Crippen LogP) is 2.25. The van der Waals surface area contributed by atoms with Gasteiger partial charge in [0.15, 0.2) is 6.61 Å². The standard InChI is InChI=1S/C18H24FNO4/c1-22-13-18-8-2-10-23-16(18)7-9-20(12-18)17(21)11-24-15-5-3-14(19)4-6-15/h3-6,16H,2,7-13H2,1H3. The molecule has 2 atom stereocenters. The molecule has 0 radical (unpaired) electrons. The highest BCUT2D eigenvalue weighted by atomic mass is 19.1. The Hall–Kier alpha value is -1.66. The van der Waals surface area contributed by atoms with Crippen LogP contribution in [-0.2, 0) is 14.3 Å². The van der Waals surface area contributed by atoms with Crippen LogP contribution in [0.3, 0.4) is 0 Å². The monoisotopic (exact) mass is 337 g/mol. The highest BCUT2D eigenvalue weighted by Gasteiger charge is 2.47. The Labute approximate surface area is 141 Å². The van der Waals surface area contributed by atoms with Crippen LogP contribution in [0, 0.1) is 11.2 Å². The Morgan fingerprint density at radius 1 is 1.42 bits per heavy atom. The average Bonchev–Trinajstić information content (AvgIpc) is 2.60. The minimum Gasteiger partial charge on any atom is -0.484 e. The second kappa shape index (κ2) is 7.49. The van der Waals surface area contributed by atoms with Crippen LogP contribution in [0.25, 0.3) is 0 Å². The second-order valence-electron chi connectivity index (χ2n) is 6.60. The summed E-state index contributed by atoms with van der Waals surface area (Å²) in [5, 5.41) is 0. The maximum Gasteiger partial charge on any atom is 0.260 e. The third kappa shape index (κ3) is 3.70. The van der Waals surface area contributed by atoms with Crippen LogP contribution in [0.15, 0.2) is 24.3 Å². The topological polar surface area (TPSA) is 48.0 Å². The fourth-order valence-corrected chi connectivity index (χ4v) is 3.77. The Kier molecular flexibility index (Phi) is 5.36. The zero-order chi connectivity index (χ0) is 17.0. The first-order chi connectivity index (χ1) is 11.6. The summed E-state index contributed by atoms with van der Waals surface area (Å²) in [4.78, 5) is 14.3. The van der Waals surface area contributed by atoms with E-state index in [9.17, 15) is 9.18 Å². The smallest absolute Gasteiger partial charge is 0.260 e. The third-order valence-electron chi connectivity index (χ3n) is 4.95. The van der Waals surface area contributed by atoms with Gasteiger partial charge >= 0.3 is 0 Å². The van der Waals surface area contributed by atoms with E-state index in [1.165, 1.54) is 24.3 Å². The maximum absolute atomic E-state index is 12.9. The number of rotatable bonds is 5. The lowest BCUT2D eigenvalue weighted by Crippen LogP contribution is -2.58. The molecule has 1 amide bonds. The summed E-state index contributed by atoms with van der Waals surface area (Å²) in [5.41, 5.74) is -0.114. The quantitative estimate of drug-likeness (QED) is 0.827. The highest BCUT2D eigenvalue weighted by molar-refractivity contribution is 5.78. The third-order valence-corrected chi connectivity index (χ3v) is 4.95. The van der Waals surface area contributed by atoms with Gasteiger partial charge in [-0.1, -0.05) is 0 Å². The lowest BCUT2D eigenvalue weighted by atomic mass is 9.73. The Bertz CT molecular complexity index is 561. The highest BCUT2D eigenvalue weighted by Crippen LogP contribution is 2.40. The van der Waals surface area contributed by atoms with Gasteiger partial charge in [-0.3, -0.25) is 4.79 Å². The van der Waals surface area contributed by atoms with E-state index in [0.29, 0.717) is 25.4 Å². The van der Waals surface area contributed by atoms with Gasteiger partial charge in [-0.25, -0.2) is 4.39 Å². The molecule has 2 unspecified atom stereocenters. The van der Waals surface area contributed by atoms with Gasteiger partial charge < -0.3 is 19.1 Å². The maximum atomic E-state index is 12.9. The summed E-state index contributed by atoms with van der Waals surface area (Å²) in [7, 11) is 1.69. The van der Waals surface area contributed by atoms with Gasteiger partial charge in [0.2, 0.25) is 0 Å². The molecule has 2 aliphatic rings. The molecule has 0 aromatic heterocycles. The molecule has 0 bridgehead atoms. The lowest BCUT2D eigenvalue weighted by molar-refractivity contribution is -0.163. The number of benzene rings is 1. The SMILES string of the molecule is COCC12CCCOC1CCN(C(=O)COc1ccc(F)cc1)C2. The van der Waals surface area contributed by atoms with Crippen molar-refractivity contribution in [1.82, 2.24) is 4.90 Å². The molecule has 24 heavy (non-hydrogen) atoms. The van der Waals surface area contributed by atoms with Crippen LogP contribution >= 0.6 is 0 Å². The van der Waals surface area contributed by atoms with Gasteiger partial charge in [-0.15, -0.1) is 0 Å². The lowest BCUT2D eigenvalue weighted by Gasteiger charge is -2.50. The van der Waals surface area contributed by atoms with Crippen molar-refractivity contribution in [2.75, 3.05) is 40.0 Å². The van der Waals surface area contributed by atoms with Crippen LogP contribution in [-0.4, -0.2) is 56.9 Å². The van der Waals surface area contributed by atoms with Gasteiger partial charge in [0.25, 0.3) is 5.91 Å². The summed E-state index contributed by atoms with van der Waals surface area (Å²) in [6.07, 6.45) is 2.99. The van der Waals surface area contributed by atoms with Crippen LogP contribution in [0.2, 0.25) is 0 Å². The number of hydrogen-bond donors (Lipinski definition) is 0. The molecule has 6 heteroatoms. The van der Waals surface area contributed by atoms with E-state index < -0.39 is 0 Å². The number of nitrogens with zero attached hydrogens (tertiary/aromatic N) is 1. The Balaban J connectivity index is 1.59. The molecule has 2 fully saturated rings. The molecule has 2 saturated heterocycles. The van der Waals surface area contributed by atoms with E-state index in [-0.39, 0.29) is 29.9 Å². The molecule has 0 saturated carbocycles. The predicted molar refractivity (Wildman–Crippen MR) is 86.4 cm³/mol. The summed E-state index contributed by atoms with van der Waals surface area (Å²) in [6, 6.07) is 5.68. The number of amides is 1. The normalized spacial score (nSPS) is 26.8. The largest absolute Gasteiger partial charge is 0.484 e. The Morgan fingerprint density at radius 3 is 2.96 bits per heavy atom. The average molecular weight is 337 g/mol. The molecule has 2 heterocycles. The van der Waals surface area contributed by atoms with Crippen molar-refractivity contribution >= 4 is 5.91 Å². The summed E-state index contributed by atoms with van der Waals surface area (Å²) < 4.78 is 29.7. The zero-order valence-electron chi connectivity index (χ0n) is 14.0. The number of piperidine rings is 1. The van der Waals surface area contributed by atoms with Crippen molar-refractivity contribution < 1.29 is 23.4 Å². The van der Waals surface area contributed by atoms with E-state index in [1.807, 2.05) is 4.90 Å². The van der Waals surface area contributed by atoms with Gasteiger partial charge in [0.05, 0.1) is 12.7 Å². The molecule has 3 rings (SSSR count). The summed E-state index contributed by atoms with van der Waals surface area (Å²) in [6.45, 7) is 2.65. The molecule has 0 aliphatic carbocycles. The summed E-state index contributed by atoms with van der Waals surface area (Å²) >= 11 is 0. The van der Waals surface area contributed by atoms with Crippen LogP contribution in [0.1, 0.15) is 19.3 Å². The minimum atomic E-state index is -0.324. The number of hydrogen-bond acceptors (Lipinski definition) is 4. The van der Waals surface area contributed by atoms with Crippen molar-refractivity contribution in [3.63, 3.8) is 0 Å². The molecule has 5 nitrogen and oxygen atoms in total. The van der Waals surface area contributed by atoms with E-state index >= 15 is 0 Å². The fourth-order valence-electron chi connectivity index (χ4n) is 3.77. The second-order valence-corrected chi connectivity index (χ2v) is 6.60. The van der Waals surface area contributed by atoms with Crippen molar-refractivity contribution in [2.24, 2.45) is 5.41 Å². The molecule has 1 aromatic rings. The molecular weight excluding hydrogens is 313 g/mol. The number of likely N-dealkylation sites (tertiary alicyclic amines) is 1.